The van der Waals surface area contributed by atoms with Gasteiger partial charge in [-0.1, -0.05) is 30.7 Å². The van der Waals surface area contributed by atoms with E-state index in [2.05, 4.69) is 11.8 Å². The summed E-state index contributed by atoms with van der Waals surface area (Å²) in [5.74, 6) is 0.954. The van der Waals surface area contributed by atoms with E-state index >= 15 is 0 Å². The summed E-state index contributed by atoms with van der Waals surface area (Å²) < 4.78 is 5.73. The summed E-state index contributed by atoms with van der Waals surface area (Å²) in [6.45, 7) is 6.49. The molecule has 1 aliphatic rings. The smallest absolute Gasteiger partial charge is 0.289 e. The SMILES string of the molecule is CCN1CCN(C(=O)c2ccc(-c3ccccc3Cl)o2)CC1. The Morgan fingerprint density at radius 3 is 2.55 bits per heavy atom. The zero-order chi connectivity index (χ0) is 15.5. The molecule has 0 unspecified atom stereocenters. The Morgan fingerprint density at radius 1 is 1.14 bits per heavy atom. The topological polar surface area (TPSA) is 36.7 Å². The monoisotopic (exact) mass is 318 g/mol. The number of hydrogen-bond acceptors (Lipinski definition) is 3. The van der Waals surface area contributed by atoms with Gasteiger partial charge in [0.1, 0.15) is 5.76 Å². The molecule has 1 aromatic carbocycles. The number of piperazine rings is 1. The predicted octanol–water partition coefficient (Wildman–Crippen LogP) is 3.38. The number of benzene rings is 1. The molecule has 0 aliphatic carbocycles. The Labute approximate surface area is 135 Å². The number of amides is 1. The minimum absolute atomic E-state index is 0.0472. The van der Waals surface area contributed by atoms with Crippen molar-refractivity contribution in [1.29, 1.82) is 0 Å². The lowest BCUT2D eigenvalue weighted by molar-refractivity contribution is 0.0613. The molecule has 0 spiro atoms. The highest BCUT2D eigenvalue weighted by Gasteiger charge is 2.23. The maximum atomic E-state index is 12.5. The lowest BCUT2D eigenvalue weighted by atomic mass is 10.2. The van der Waals surface area contributed by atoms with Crippen LogP contribution in [0.3, 0.4) is 0 Å². The number of nitrogens with zero attached hydrogens (tertiary/aromatic N) is 2. The highest BCUT2D eigenvalue weighted by molar-refractivity contribution is 6.33. The molecule has 1 amide bonds. The van der Waals surface area contributed by atoms with Gasteiger partial charge in [-0.25, -0.2) is 0 Å². The van der Waals surface area contributed by atoms with Crippen molar-refractivity contribution in [3.05, 3.63) is 47.2 Å². The number of likely N-dealkylation sites (N-methyl/N-ethyl adjacent to an activating group) is 1. The van der Waals surface area contributed by atoms with E-state index in [1.807, 2.05) is 29.2 Å². The molecule has 0 saturated carbocycles. The van der Waals surface area contributed by atoms with Crippen molar-refractivity contribution in [1.82, 2.24) is 9.80 Å². The number of rotatable bonds is 3. The van der Waals surface area contributed by atoms with Gasteiger partial charge in [0, 0.05) is 31.7 Å². The van der Waals surface area contributed by atoms with E-state index in [1.165, 1.54) is 0 Å². The van der Waals surface area contributed by atoms with Crippen LogP contribution in [0, 0.1) is 0 Å². The summed E-state index contributed by atoms with van der Waals surface area (Å²) >= 11 is 6.17. The second-order valence-corrected chi connectivity index (χ2v) is 5.78. The minimum Gasteiger partial charge on any atom is -0.451 e. The van der Waals surface area contributed by atoms with E-state index in [0.717, 1.165) is 38.3 Å². The second kappa shape index (κ2) is 6.55. The van der Waals surface area contributed by atoms with Gasteiger partial charge < -0.3 is 14.2 Å². The van der Waals surface area contributed by atoms with Crippen LogP contribution >= 0.6 is 11.6 Å². The molecular formula is C17H19ClN2O2. The average molecular weight is 319 g/mol. The largest absolute Gasteiger partial charge is 0.451 e. The lowest BCUT2D eigenvalue weighted by Crippen LogP contribution is -2.48. The highest BCUT2D eigenvalue weighted by atomic mass is 35.5. The van der Waals surface area contributed by atoms with Gasteiger partial charge in [0.15, 0.2) is 5.76 Å². The van der Waals surface area contributed by atoms with Gasteiger partial charge in [0.25, 0.3) is 5.91 Å². The normalized spacial score (nSPS) is 16.0. The van der Waals surface area contributed by atoms with Crippen LogP contribution in [-0.2, 0) is 0 Å². The molecule has 4 nitrogen and oxygen atoms in total. The van der Waals surface area contributed by atoms with Gasteiger partial charge in [0.2, 0.25) is 0 Å². The van der Waals surface area contributed by atoms with Crippen LogP contribution in [0.1, 0.15) is 17.5 Å². The summed E-state index contributed by atoms with van der Waals surface area (Å²) in [6, 6.07) is 11.0. The molecule has 2 heterocycles. The molecule has 5 heteroatoms. The molecule has 0 N–H and O–H groups in total. The Hall–Kier alpha value is -1.78. The highest BCUT2D eigenvalue weighted by Crippen LogP contribution is 2.29. The van der Waals surface area contributed by atoms with Crippen LogP contribution in [0.2, 0.25) is 5.02 Å². The van der Waals surface area contributed by atoms with Crippen molar-refractivity contribution in [3.8, 4) is 11.3 Å². The van der Waals surface area contributed by atoms with Gasteiger partial charge in [-0.05, 0) is 30.8 Å². The summed E-state index contributed by atoms with van der Waals surface area (Å²) in [7, 11) is 0. The summed E-state index contributed by atoms with van der Waals surface area (Å²) in [6.07, 6.45) is 0. The number of hydrogen-bond donors (Lipinski definition) is 0. The Bertz CT molecular complexity index is 660. The number of furan rings is 1. The van der Waals surface area contributed by atoms with E-state index in [9.17, 15) is 4.79 Å². The maximum Gasteiger partial charge on any atom is 0.289 e. The van der Waals surface area contributed by atoms with E-state index in [1.54, 1.807) is 12.1 Å². The molecule has 0 radical (unpaired) electrons. The van der Waals surface area contributed by atoms with Gasteiger partial charge in [-0.2, -0.15) is 0 Å². The van der Waals surface area contributed by atoms with E-state index in [-0.39, 0.29) is 5.91 Å². The number of carbonyl (C=O) groups is 1. The van der Waals surface area contributed by atoms with Crippen LogP contribution in [-0.4, -0.2) is 48.4 Å². The zero-order valence-electron chi connectivity index (χ0n) is 12.6. The third kappa shape index (κ3) is 3.03. The molecule has 22 heavy (non-hydrogen) atoms. The summed E-state index contributed by atoms with van der Waals surface area (Å²) in [5, 5.41) is 0.618. The van der Waals surface area contributed by atoms with Crippen LogP contribution in [0.25, 0.3) is 11.3 Å². The fraction of sp³-hybridized carbons (Fsp3) is 0.353. The van der Waals surface area contributed by atoms with Crippen LogP contribution in [0.5, 0.6) is 0 Å². The lowest BCUT2D eigenvalue weighted by Gasteiger charge is -2.33. The third-order valence-corrected chi connectivity index (χ3v) is 4.39. The molecule has 2 aromatic rings. The zero-order valence-corrected chi connectivity index (χ0v) is 13.3. The second-order valence-electron chi connectivity index (χ2n) is 5.37. The Kier molecular flexibility index (Phi) is 4.50. The number of carbonyl (C=O) groups excluding carboxylic acids is 1. The molecule has 1 aliphatic heterocycles. The number of halogens is 1. The van der Waals surface area contributed by atoms with Gasteiger partial charge in [-0.3, -0.25) is 4.79 Å². The summed E-state index contributed by atoms with van der Waals surface area (Å²) in [4.78, 5) is 16.7. The van der Waals surface area contributed by atoms with E-state index < -0.39 is 0 Å². The predicted molar refractivity (Wildman–Crippen MR) is 87.2 cm³/mol. The fourth-order valence-corrected chi connectivity index (χ4v) is 2.91. The first-order valence-corrected chi connectivity index (χ1v) is 7.93. The first kappa shape index (κ1) is 15.1. The quantitative estimate of drug-likeness (QED) is 0.870. The molecule has 1 aromatic heterocycles. The van der Waals surface area contributed by atoms with Crippen molar-refractivity contribution in [3.63, 3.8) is 0 Å². The molecule has 0 bridgehead atoms. The van der Waals surface area contributed by atoms with Crippen molar-refractivity contribution >= 4 is 17.5 Å². The van der Waals surface area contributed by atoms with Crippen LogP contribution < -0.4 is 0 Å². The average Bonchev–Trinajstić information content (AvgIpc) is 3.04. The Balaban J connectivity index is 1.74. The standard InChI is InChI=1S/C17H19ClN2O2/c1-2-19-9-11-20(12-10-19)17(21)16-8-7-15(22-16)13-5-3-4-6-14(13)18/h3-8H,2,9-12H2,1H3. The molecule has 1 fully saturated rings. The first-order valence-electron chi connectivity index (χ1n) is 7.55. The van der Waals surface area contributed by atoms with Crippen molar-refractivity contribution in [2.45, 2.75) is 6.92 Å². The first-order chi connectivity index (χ1) is 10.7. The van der Waals surface area contributed by atoms with Crippen LogP contribution in [0.4, 0.5) is 0 Å². The van der Waals surface area contributed by atoms with Gasteiger partial charge in [0.05, 0.1) is 5.02 Å². The van der Waals surface area contributed by atoms with Gasteiger partial charge >= 0.3 is 0 Å². The molecule has 116 valence electrons. The van der Waals surface area contributed by atoms with Gasteiger partial charge in [-0.15, -0.1) is 0 Å². The van der Waals surface area contributed by atoms with Crippen LogP contribution in [0.15, 0.2) is 40.8 Å². The van der Waals surface area contributed by atoms with Crippen molar-refractivity contribution in [2.24, 2.45) is 0 Å². The Morgan fingerprint density at radius 2 is 1.86 bits per heavy atom. The van der Waals surface area contributed by atoms with Crippen molar-refractivity contribution < 1.29 is 9.21 Å². The van der Waals surface area contributed by atoms with E-state index in [4.69, 9.17) is 16.0 Å². The minimum atomic E-state index is -0.0472. The maximum absolute atomic E-state index is 12.5. The molecule has 3 rings (SSSR count). The molecule has 1 saturated heterocycles. The summed E-state index contributed by atoms with van der Waals surface area (Å²) in [5.41, 5.74) is 0.805. The molecule has 0 atom stereocenters. The van der Waals surface area contributed by atoms with E-state index in [0.29, 0.717) is 16.5 Å². The van der Waals surface area contributed by atoms with Crippen molar-refractivity contribution in [2.75, 3.05) is 32.7 Å². The fourth-order valence-electron chi connectivity index (χ4n) is 2.68. The molecular weight excluding hydrogens is 300 g/mol. The third-order valence-electron chi connectivity index (χ3n) is 4.06.